The molecule has 0 spiro atoms. The molecule has 1 aliphatic rings. The van der Waals surface area contributed by atoms with Crippen LogP contribution in [0.25, 0.3) is 0 Å². The van der Waals surface area contributed by atoms with Gasteiger partial charge in [-0.3, -0.25) is 0 Å². The first-order valence-electron chi connectivity index (χ1n) is 5.92. The fraction of sp³-hybridized carbons (Fsp3) is 0.500. The van der Waals surface area contributed by atoms with Crippen LogP contribution < -0.4 is 4.90 Å². The van der Waals surface area contributed by atoms with Crippen molar-refractivity contribution in [2.45, 2.75) is 43.4 Å². The van der Waals surface area contributed by atoms with Crippen LogP contribution in [-0.4, -0.2) is 18.3 Å². The number of benzene rings is 1. The number of hydrogen-bond acceptors (Lipinski definition) is 3. The van der Waals surface area contributed by atoms with E-state index in [0.717, 1.165) is 0 Å². The van der Waals surface area contributed by atoms with Gasteiger partial charge in [-0.05, 0) is 44.0 Å². The van der Waals surface area contributed by atoms with Gasteiger partial charge in [0.15, 0.2) is 0 Å². The van der Waals surface area contributed by atoms with Crippen LogP contribution in [0, 0.1) is 25.2 Å². The lowest BCUT2D eigenvalue weighted by atomic mass is 10.1. The number of anilines is 1. The van der Waals surface area contributed by atoms with Gasteiger partial charge in [-0.15, -0.1) is 11.8 Å². The average molecular weight is 246 g/mol. The Bertz CT molecular complexity index is 476. The Kier molecular flexibility index (Phi) is 3.35. The molecule has 2 atom stereocenters. The Morgan fingerprint density at radius 1 is 1.35 bits per heavy atom. The first-order valence-corrected chi connectivity index (χ1v) is 6.80. The number of fused-ring (bicyclic) bond motifs is 1. The van der Waals surface area contributed by atoms with Crippen molar-refractivity contribution in [3.8, 4) is 6.07 Å². The summed E-state index contributed by atoms with van der Waals surface area (Å²) in [6.45, 7) is 6.50. The van der Waals surface area contributed by atoms with Crippen molar-refractivity contribution in [1.82, 2.24) is 0 Å². The van der Waals surface area contributed by atoms with E-state index in [4.69, 9.17) is 5.26 Å². The maximum absolute atomic E-state index is 8.89. The smallest absolute Gasteiger partial charge is 0.0634 e. The third-order valence-corrected chi connectivity index (χ3v) is 5.12. The zero-order valence-electron chi connectivity index (χ0n) is 10.8. The minimum atomic E-state index is 0.375. The molecule has 0 bridgehead atoms. The molecule has 0 saturated carbocycles. The molecule has 3 heteroatoms. The molecule has 0 fully saturated rings. The van der Waals surface area contributed by atoms with Gasteiger partial charge in [-0.25, -0.2) is 0 Å². The van der Waals surface area contributed by atoms with E-state index in [2.05, 4.69) is 50.9 Å². The van der Waals surface area contributed by atoms with Crippen LogP contribution in [0.3, 0.4) is 0 Å². The van der Waals surface area contributed by atoms with E-state index in [1.165, 1.54) is 21.7 Å². The molecule has 1 aliphatic heterocycles. The van der Waals surface area contributed by atoms with Crippen molar-refractivity contribution >= 4 is 17.4 Å². The Balaban J connectivity index is 2.42. The molecule has 90 valence electrons. The van der Waals surface area contributed by atoms with Gasteiger partial charge in [0.1, 0.15) is 0 Å². The van der Waals surface area contributed by atoms with Crippen molar-refractivity contribution < 1.29 is 0 Å². The van der Waals surface area contributed by atoms with Crippen LogP contribution >= 0.6 is 11.8 Å². The van der Waals surface area contributed by atoms with Gasteiger partial charge in [0.05, 0.1) is 11.8 Å². The van der Waals surface area contributed by atoms with Gasteiger partial charge in [-0.1, -0.05) is 0 Å². The molecule has 1 aromatic carbocycles. The predicted molar refractivity (Wildman–Crippen MR) is 73.7 cm³/mol. The average Bonchev–Trinajstić information content (AvgIpc) is 2.29. The molecule has 1 heterocycles. The lowest BCUT2D eigenvalue weighted by Crippen LogP contribution is -2.40. The van der Waals surface area contributed by atoms with Crippen molar-refractivity contribution in [2.75, 3.05) is 11.9 Å². The second-order valence-corrected chi connectivity index (χ2v) is 6.06. The quantitative estimate of drug-likeness (QED) is 0.758. The molecule has 1 aromatic rings. The van der Waals surface area contributed by atoms with Crippen LogP contribution in [0.4, 0.5) is 5.69 Å². The Morgan fingerprint density at radius 3 is 2.65 bits per heavy atom. The standard InChI is InChI=1S/C14H18N2S/c1-9-7-12-14(8-10(9)2)17-13(5-6-15)11(3)16(12)4/h7-8,11,13H,5H2,1-4H3. The first-order chi connectivity index (χ1) is 8.04. The lowest BCUT2D eigenvalue weighted by Gasteiger charge is -2.39. The number of aryl methyl sites for hydroxylation is 2. The van der Waals surface area contributed by atoms with Crippen LogP contribution in [0.2, 0.25) is 0 Å². The normalized spacial score (nSPS) is 23.1. The lowest BCUT2D eigenvalue weighted by molar-refractivity contribution is 0.638. The summed E-state index contributed by atoms with van der Waals surface area (Å²) < 4.78 is 0. The van der Waals surface area contributed by atoms with Crippen LogP contribution in [0.5, 0.6) is 0 Å². The van der Waals surface area contributed by atoms with E-state index in [0.29, 0.717) is 17.7 Å². The van der Waals surface area contributed by atoms with Crippen molar-refractivity contribution in [2.24, 2.45) is 0 Å². The number of thioether (sulfide) groups is 1. The summed E-state index contributed by atoms with van der Waals surface area (Å²) in [6.07, 6.45) is 0.614. The Labute approximate surface area is 108 Å². The number of nitriles is 1. The minimum Gasteiger partial charge on any atom is -0.370 e. The highest BCUT2D eigenvalue weighted by molar-refractivity contribution is 8.00. The van der Waals surface area contributed by atoms with E-state index < -0.39 is 0 Å². The van der Waals surface area contributed by atoms with Crippen LogP contribution in [0.1, 0.15) is 24.5 Å². The molecular weight excluding hydrogens is 228 g/mol. The van der Waals surface area contributed by atoms with Crippen molar-refractivity contribution in [3.63, 3.8) is 0 Å². The molecule has 0 amide bonds. The highest BCUT2D eigenvalue weighted by Gasteiger charge is 2.29. The fourth-order valence-electron chi connectivity index (χ4n) is 2.18. The van der Waals surface area contributed by atoms with Gasteiger partial charge >= 0.3 is 0 Å². The third-order valence-electron chi connectivity index (χ3n) is 3.68. The van der Waals surface area contributed by atoms with E-state index in [1.807, 2.05) is 11.8 Å². The number of rotatable bonds is 1. The molecular formula is C14H18N2S. The molecule has 0 saturated heterocycles. The topological polar surface area (TPSA) is 27.0 Å². The molecule has 17 heavy (non-hydrogen) atoms. The molecule has 2 nitrogen and oxygen atoms in total. The summed E-state index contributed by atoms with van der Waals surface area (Å²) in [6, 6.07) is 7.22. The largest absolute Gasteiger partial charge is 0.370 e. The molecule has 0 radical (unpaired) electrons. The predicted octanol–water partition coefficient (Wildman–Crippen LogP) is 3.52. The van der Waals surface area contributed by atoms with Gasteiger partial charge < -0.3 is 4.90 Å². The van der Waals surface area contributed by atoms with Crippen molar-refractivity contribution in [1.29, 1.82) is 5.26 Å². The zero-order chi connectivity index (χ0) is 12.6. The Hall–Kier alpha value is -1.14. The Morgan fingerprint density at radius 2 is 2.00 bits per heavy atom. The summed E-state index contributed by atoms with van der Waals surface area (Å²) >= 11 is 1.85. The summed E-state index contributed by atoms with van der Waals surface area (Å²) in [5, 5.41) is 9.26. The summed E-state index contributed by atoms with van der Waals surface area (Å²) in [5.74, 6) is 0. The maximum atomic E-state index is 8.89. The number of nitrogens with zero attached hydrogens (tertiary/aromatic N) is 2. The van der Waals surface area contributed by atoms with Gasteiger partial charge in [0.2, 0.25) is 0 Å². The third kappa shape index (κ3) is 2.14. The summed E-state index contributed by atoms with van der Waals surface area (Å²) in [7, 11) is 2.13. The van der Waals surface area contributed by atoms with Gasteiger partial charge in [-0.2, -0.15) is 5.26 Å². The van der Waals surface area contributed by atoms with E-state index >= 15 is 0 Å². The molecule has 0 aromatic heterocycles. The maximum Gasteiger partial charge on any atom is 0.0634 e. The van der Waals surface area contributed by atoms with E-state index in [-0.39, 0.29) is 0 Å². The number of hydrogen-bond donors (Lipinski definition) is 0. The highest BCUT2D eigenvalue weighted by atomic mass is 32.2. The minimum absolute atomic E-state index is 0.375. The first kappa shape index (κ1) is 12.3. The fourth-order valence-corrected chi connectivity index (χ4v) is 3.61. The second-order valence-electron chi connectivity index (χ2n) is 4.77. The van der Waals surface area contributed by atoms with Gasteiger partial charge in [0, 0.05) is 29.7 Å². The molecule has 2 unspecified atom stereocenters. The highest BCUT2D eigenvalue weighted by Crippen LogP contribution is 2.43. The van der Waals surface area contributed by atoms with E-state index in [9.17, 15) is 0 Å². The second kappa shape index (κ2) is 4.62. The van der Waals surface area contributed by atoms with Gasteiger partial charge in [0.25, 0.3) is 0 Å². The molecule has 2 rings (SSSR count). The summed E-state index contributed by atoms with van der Waals surface area (Å²) in [5.41, 5.74) is 3.97. The van der Waals surface area contributed by atoms with E-state index in [1.54, 1.807) is 0 Å². The molecule has 0 aliphatic carbocycles. The monoisotopic (exact) mass is 246 g/mol. The van der Waals surface area contributed by atoms with Crippen molar-refractivity contribution in [3.05, 3.63) is 23.3 Å². The zero-order valence-corrected chi connectivity index (χ0v) is 11.6. The van der Waals surface area contributed by atoms with Crippen LogP contribution in [-0.2, 0) is 0 Å². The SMILES string of the molecule is Cc1cc2c(cc1C)N(C)C(C)C(CC#N)S2. The molecule has 0 N–H and O–H groups in total. The summed E-state index contributed by atoms with van der Waals surface area (Å²) in [4.78, 5) is 3.62. The van der Waals surface area contributed by atoms with Crippen LogP contribution in [0.15, 0.2) is 17.0 Å².